The molecule has 0 spiro atoms. The van der Waals surface area contributed by atoms with Crippen LogP contribution in [-0.2, 0) is 5.67 Å². The van der Waals surface area contributed by atoms with Crippen molar-refractivity contribution in [1.82, 2.24) is 4.98 Å². The third-order valence-corrected chi connectivity index (χ3v) is 5.00. The van der Waals surface area contributed by atoms with E-state index >= 15 is 0 Å². The average molecular weight is 526 g/mol. The second-order valence-corrected chi connectivity index (χ2v) is 7.34. The van der Waals surface area contributed by atoms with Crippen LogP contribution in [0.25, 0.3) is 10.9 Å². The van der Waals surface area contributed by atoms with Gasteiger partial charge in [0.15, 0.2) is 11.5 Å². The molecule has 1 atom stereocenters. The van der Waals surface area contributed by atoms with Crippen molar-refractivity contribution in [2.24, 2.45) is 0 Å². The summed E-state index contributed by atoms with van der Waals surface area (Å²) < 4.78 is 117. The molecule has 1 N–H and O–H groups in total. The van der Waals surface area contributed by atoms with Gasteiger partial charge in [0.05, 0.1) is 5.52 Å². The highest BCUT2D eigenvalue weighted by Gasteiger charge is 2.70. The molecule has 0 radical (unpaired) electrons. The van der Waals surface area contributed by atoms with Crippen molar-refractivity contribution in [2.45, 2.75) is 31.3 Å². The van der Waals surface area contributed by atoms with Gasteiger partial charge in [0.1, 0.15) is 29.3 Å². The summed E-state index contributed by atoms with van der Waals surface area (Å²) in [5, 5.41) is 11.9. The standard InChI is InChI=1S/C21H12ClF8N3O2/c1-19(25,26)20(27,21(28,29)30)11-7-15(34-18(23)24)17(16(8-11)35-22)33-12-4-5-14-10(6-12)2-3-13(9-31)32-14/h2-8,18,33H,1H3. The average Bonchev–Trinajstić information content (AvgIpc) is 2.77. The molecule has 35 heavy (non-hydrogen) atoms. The number of anilines is 2. The lowest BCUT2D eigenvalue weighted by Gasteiger charge is -2.33. The van der Waals surface area contributed by atoms with Crippen molar-refractivity contribution in [3.05, 3.63) is 53.7 Å². The first-order chi connectivity index (χ1) is 16.2. The quantitative estimate of drug-likeness (QED) is 0.326. The lowest BCUT2D eigenvalue weighted by molar-refractivity contribution is -0.304. The molecule has 0 aliphatic carbocycles. The van der Waals surface area contributed by atoms with E-state index in [2.05, 4.69) is 19.3 Å². The van der Waals surface area contributed by atoms with Crippen molar-refractivity contribution >= 4 is 34.1 Å². The zero-order valence-electron chi connectivity index (χ0n) is 17.2. The maximum absolute atomic E-state index is 14.9. The normalized spacial score (nSPS) is 13.9. The number of aromatic nitrogens is 1. The van der Waals surface area contributed by atoms with Crippen LogP contribution in [0.5, 0.6) is 11.5 Å². The number of rotatable bonds is 7. The Morgan fingerprint density at radius 1 is 1.00 bits per heavy atom. The minimum atomic E-state index is -6.15. The van der Waals surface area contributed by atoms with E-state index in [0.29, 0.717) is 10.9 Å². The fraction of sp³-hybridized carbons (Fsp3) is 0.238. The van der Waals surface area contributed by atoms with Crippen LogP contribution in [0.4, 0.5) is 46.5 Å². The minimum absolute atomic E-state index is 0.0562. The maximum atomic E-state index is 14.9. The van der Waals surface area contributed by atoms with E-state index in [-0.39, 0.29) is 30.4 Å². The lowest BCUT2D eigenvalue weighted by atomic mass is 9.88. The molecule has 1 aromatic heterocycles. The first kappa shape index (κ1) is 26.1. The van der Waals surface area contributed by atoms with E-state index in [1.165, 1.54) is 30.3 Å². The molecule has 0 saturated carbocycles. The molecular formula is C21H12ClF8N3O2. The molecule has 1 unspecified atom stereocenters. The first-order valence-corrected chi connectivity index (χ1v) is 9.65. The molecule has 14 heteroatoms. The third-order valence-electron chi connectivity index (χ3n) is 4.83. The molecule has 0 fully saturated rings. The zero-order valence-corrected chi connectivity index (χ0v) is 18.0. The van der Waals surface area contributed by atoms with Gasteiger partial charge in [0, 0.05) is 23.6 Å². The Kier molecular flexibility index (Phi) is 6.90. The van der Waals surface area contributed by atoms with Gasteiger partial charge in [-0.3, -0.25) is 0 Å². The molecule has 0 bridgehead atoms. The molecule has 0 aliphatic heterocycles. The Balaban J connectivity index is 2.18. The maximum Gasteiger partial charge on any atom is 0.432 e. The van der Waals surface area contributed by atoms with Gasteiger partial charge in [0.25, 0.3) is 11.6 Å². The molecule has 3 aromatic rings. The fourth-order valence-corrected chi connectivity index (χ4v) is 3.36. The van der Waals surface area contributed by atoms with E-state index in [0.717, 1.165) is 0 Å². The highest BCUT2D eigenvalue weighted by Crippen LogP contribution is 2.55. The second-order valence-electron chi connectivity index (χ2n) is 7.19. The van der Waals surface area contributed by atoms with Gasteiger partial charge in [-0.15, -0.1) is 0 Å². The van der Waals surface area contributed by atoms with E-state index < -0.39 is 47.1 Å². The van der Waals surface area contributed by atoms with Gasteiger partial charge in [-0.25, -0.2) is 18.2 Å². The minimum Gasteiger partial charge on any atom is -0.432 e. The van der Waals surface area contributed by atoms with E-state index in [9.17, 15) is 35.1 Å². The van der Waals surface area contributed by atoms with Crippen LogP contribution < -0.4 is 14.3 Å². The summed E-state index contributed by atoms with van der Waals surface area (Å²) >= 11 is 5.27. The molecule has 0 amide bonds. The highest BCUT2D eigenvalue weighted by molar-refractivity contribution is 6.09. The lowest BCUT2D eigenvalue weighted by Crippen LogP contribution is -2.51. The predicted octanol–water partition coefficient (Wildman–Crippen LogP) is 7.37. The largest absolute Gasteiger partial charge is 0.432 e. The van der Waals surface area contributed by atoms with Crippen LogP contribution in [0.2, 0.25) is 0 Å². The molecule has 2 aromatic carbocycles. The van der Waals surface area contributed by atoms with Crippen LogP contribution in [-0.4, -0.2) is 23.7 Å². The Bertz CT molecular complexity index is 1270. The number of nitriles is 1. The molecule has 0 saturated heterocycles. The van der Waals surface area contributed by atoms with Crippen LogP contribution >= 0.6 is 11.9 Å². The van der Waals surface area contributed by atoms with Crippen molar-refractivity contribution in [3.8, 4) is 17.6 Å². The third kappa shape index (κ3) is 4.97. The van der Waals surface area contributed by atoms with E-state index in [1.54, 1.807) is 0 Å². The van der Waals surface area contributed by atoms with Gasteiger partial charge >= 0.3 is 12.8 Å². The molecule has 1 heterocycles. The van der Waals surface area contributed by atoms with Crippen LogP contribution in [0.3, 0.4) is 0 Å². The van der Waals surface area contributed by atoms with E-state index in [4.69, 9.17) is 17.1 Å². The summed E-state index contributed by atoms with van der Waals surface area (Å²) in [7, 11) is 0. The Hall–Kier alpha value is -3.53. The first-order valence-electron chi connectivity index (χ1n) is 9.34. The Morgan fingerprint density at radius 3 is 2.20 bits per heavy atom. The van der Waals surface area contributed by atoms with Crippen LogP contribution in [0, 0.1) is 11.3 Å². The number of hydrogen-bond acceptors (Lipinski definition) is 5. The van der Waals surface area contributed by atoms with Gasteiger partial charge < -0.3 is 14.3 Å². The molecule has 3 rings (SSSR count). The van der Waals surface area contributed by atoms with E-state index in [1.807, 2.05) is 6.07 Å². The number of nitrogens with one attached hydrogen (secondary N) is 1. The summed E-state index contributed by atoms with van der Waals surface area (Å²) in [5.41, 5.74) is -7.06. The number of benzene rings is 2. The number of hydrogen-bond donors (Lipinski definition) is 1. The number of alkyl halides is 8. The number of nitrogens with zero attached hydrogens (tertiary/aromatic N) is 2. The summed E-state index contributed by atoms with van der Waals surface area (Å²) in [6.07, 6.45) is -6.15. The molecular weight excluding hydrogens is 514 g/mol. The number of ether oxygens (including phenoxy) is 1. The number of fused-ring (bicyclic) bond motifs is 1. The van der Waals surface area contributed by atoms with Gasteiger partial charge in [-0.1, -0.05) is 0 Å². The molecule has 5 nitrogen and oxygen atoms in total. The van der Waals surface area contributed by atoms with Crippen LogP contribution in [0.1, 0.15) is 18.2 Å². The topological polar surface area (TPSA) is 67.2 Å². The van der Waals surface area contributed by atoms with Gasteiger partial charge in [-0.2, -0.15) is 27.2 Å². The highest BCUT2D eigenvalue weighted by atomic mass is 35.5. The molecule has 186 valence electrons. The van der Waals surface area contributed by atoms with Crippen LogP contribution in [0.15, 0.2) is 42.5 Å². The number of pyridine rings is 1. The second kappa shape index (κ2) is 9.26. The summed E-state index contributed by atoms with van der Waals surface area (Å²) in [5.74, 6) is -7.09. The number of halogens is 9. The summed E-state index contributed by atoms with van der Waals surface area (Å²) in [6, 6.07) is 9.19. The fourth-order valence-electron chi connectivity index (χ4n) is 3.24. The Labute approximate surface area is 197 Å². The summed E-state index contributed by atoms with van der Waals surface area (Å²) in [6.45, 7) is -3.95. The van der Waals surface area contributed by atoms with Crippen molar-refractivity contribution in [3.63, 3.8) is 0 Å². The van der Waals surface area contributed by atoms with Gasteiger partial charge in [0.2, 0.25) is 0 Å². The van der Waals surface area contributed by atoms with Gasteiger partial charge in [-0.05, 0) is 42.5 Å². The van der Waals surface area contributed by atoms with Crippen molar-refractivity contribution in [1.29, 1.82) is 5.26 Å². The smallest absolute Gasteiger partial charge is 0.432 e. The van der Waals surface area contributed by atoms with Crippen molar-refractivity contribution < 1.29 is 44.1 Å². The zero-order chi connectivity index (χ0) is 26.2. The summed E-state index contributed by atoms with van der Waals surface area (Å²) in [4.78, 5) is 4.04. The Morgan fingerprint density at radius 2 is 1.66 bits per heavy atom. The monoisotopic (exact) mass is 525 g/mol. The predicted molar refractivity (Wildman–Crippen MR) is 109 cm³/mol. The van der Waals surface area contributed by atoms with Crippen molar-refractivity contribution in [2.75, 3.05) is 5.32 Å². The molecule has 0 aliphatic rings. The SMILES string of the molecule is CC(F)(F)C(F)(c1cc(OCl)c(Nc2ccc3nc(C#N)ccc3c2)c(OC(F)F)c1)C(F)(F)F.